The molecule has 2 saturated heterocycles. The Morgan fingerprint density at radius 3 is 1.97 bits per heavy atom. The summed E-state index contributed by atoms with van der Waals surface area (Å²) in [5, 5.41) is 2.18. The molecule has 11 heteroatoms. The Morgan fingerprint density at radius 2 is 1.50 bits per heavy atom. The van der Waals surface area contributed by atoms with Gasteiger partial charge in [-0.15, -0.1) is 0 Å². The summed E-state index contributed by atoms with van der Waals surface area (Å²) in [6.45, 7) is 7.60. The van der Waals surface area contributed by atoms with Crippen LogP contribution < -0.4 is 5.32 Å². The molecule has 2 aliphatic rings. The van der Waals surface area contributed by atoms with E-state index in [2.05, 4.69) is 22.0 Å². The molecule has 0 bridgehead atoms. The van der Waals surface area contributed by atoms with E-state index in [9.17, 15) is 31.1 Å². The lowest BCUT2D eigenvalue weighted by atomic mass is 10.1. The first-order valence-corrected chi connectivity index (χ1v) is 9.79. The Labute approximate surface area is 170 Å². The molecule has 3 rings (SSSR count). The number of amides is 2. The van der Waals surface area contributed by atoms with Crippen LogP contribution in [0.25, 0.3) is 0 Å². The minimum atomic E-state index is -4.96. The third kappa shape index (κ3) is 5.37. The Hall–Kier alpha value is -2.01. The summed E-state index contributed by atoms with van der Waals surface area (Å²) in [5.41, 5.74) is -3.45. The summed E-state index contributed by atoms with van der Waals surface area (Å²) >= 11 is 0. The molecule has 1 aromatic carbocycles. The average Bonchev–Trinajstić information content (AvgIpc) is 2.60. The van der Waals surface area contributed by atoms with E-state index in [0.717, 1.165) is 39.1 Å². The van der Waals surface area contributed by atoms with E-state index in [-0.39, 0.29) is 12.1 Å². The van der Waals surface area contributed by atoms with E-state index in [1.165, 1.54) is 4.90 Å². The molecular formula is C19H24F6N4O. The SMILES string of the molecule is CCCN1CCN(C2CN(C(=O)Nc3cc(C(F)(F)F)cc(C(F)(F)F)c3)C2)CC1. The molecule has 168 valence electrons. The molecular weight excluding hydrogens is 414 g/mol. The summed E-state index contributed by atoms with van der Waals surface area (Å²) < 4.78 is 77.7. The number of rotatable bonds is 4. The highest BCUT2D eigenvalue weighted by molar-refractivity contribution is 5.90. The summed E-state index contributed by atoms with van der Waals surface area (Å²) in [4.78, 5) is 18.3. The molecule has 2 heterocycles. The van der Waals surface area contributed by atoms with E-state index < -0.39 is 35.2 Å². The number of halogens is 6. The van der Waals surface area contributed by atoms with Gasteiger partial charge in [-0.25, -0.2) is 4.79 Å². The molecule has 0 aromatic heterocycles. The second kappa shape index (κ2) is 8.62. The number of hydrogen-bond acceptors (Lipinski definition) is 3. The number of anilines is 1. The lowest BCUT2D eigenvalue weighted by Crippen LogP contribution is -2.64. The van der Waals surface area contributed by atoms with Gasteiger partial charge >= 0.3 is 18.4 Å². The zero-order chi connectivity index (χ0) is 22.1. The lowest BCUT2D eigenvalue weighted by Gasteiger charge is -2.48. The quantitative estimate of drug-likeness (QED) is 0.724. The van der Waals surface area contributed by atoms with Crippen molar-refractivity contribution in [1.82, 2.24) is 14.7 Å². The zero-order valence-corrected chi connectivity index (χ0v) is 16.5. The Kier molecular flexibility index (Phi) is 6.51. The van der Waals surface area contributed by atoms with Crippen molar-refractivity contribution in [3.8, 4) is 0 Å². The standard InChI is InChI=1S/C19H24F6N4O/c1-2-3-27-4-6-28(7-5-27)16-11-29(12-16)17(30)26-15-9-13(18(20,21)22)8-14(10-15)19(23,24)25/h8-10,16H,2-7,11-12H2,1H3,(H,26,30). The number of nitrogens with one attached hydrogen (secondary N) is 1. The third-order valence-corrected chi connectivity index (χ3v) is 5.45. The van der Waals surface area contributed by atoms with Gasteiger partial charge in [-0.05, 0) is 31.2 Å². The van der Waals surface area contributed by atoms with E-state index in [1.54, 1.807) is 0 Å². The molecule has 0 radical (unpaired) electrons. The van der Waals surface area contributed by atoms with Gasteiger partial charge in [0, 0.05) is 51.0 Å². The van der Waals surface area contributed by atoms with E-state index >= 15 is 0 Å². The molecule has 1 N–H and O–H groups in total. The molecule has 5 nitrogen and oxygen atoms in total. The number of urea groups is 1. The van der Waals surface area contributed by atoms with Crippen LogP contribution in [0.3, 0.4) is 0 Å². The van der Waals surface area contributed by atoms with Crippen molar-refractivity contribution in [2.24, 2.45) is 0 Å². The van der Waals surface area contributed by atoms with Gasteiger partial charge in [0.15, 0.2) is 0 Å². The van der Waals surface area contributed by atoms with Crippen molar-refractivity contribution in [3.63, 3.8) is 0 Å². The molecule has 2 amide bonds. The van der Waals surface area contributed by atoms with Crippen LogP contribution in [-0.4, -0.2) is 72.6 Å². The maximum Gasteiger partial charge on any atom is 0.416 e. The van der Waals surface area contributed by atoms with E-state index in [0.29, 0.717) is 25.2 Å². The molecule has 0 aliphatic carbocycles. The minimum Gasteiger partial charge on any atom is -0.321 e. The molecule has 30 heavy (non-hydrogen) atoms. The number of benzene rings is 1. The first-order valence-electron chi connectivity index (χ1n) is 9.79. The monoisotopic (exact) mass is 438 g/mol. The number of nitrogens with zero attached hydrogens (tertiary/aromatic N) is 3. The predicted octanol–water partition coefficient (Wildman–Crippen LogP) is 3.97. The summed E-state index contributed by atoms with van der Waals surface area (Å²) in [6.07, 6.45) is -8.83. The summed E-state index contributed by atoms with van der Waals surface area (Å²) in [5.74, 6) is 0. The molecule has 0 saturated carbocycles. The molecule has 0 unspecified atom stereocenters. The first-order chi connectivity index (χ1) is 14.0. The Morgan fingerprint density at radius 1 is 0.967 bits per heavy atom. The van der Waals surface area contributed by atoms with Crippen molar-refractivity contribution in [1.29, 1.82) is 0 Å². The van der Waals surface area contributed by atoms with Crippen molar-refractivity contribution in [3.05, 3.63) is 29.3 Å². The van der Waals surface area contributed by atoms with Gasteiger partial charge in [-0.1, -0.05) is 6.92 Å². The number of carbonyl (C=O) groups excluding carboxylic acids is 1. The lowest BCUT2D eigenvalue weighted by molar-refractivity contribution is -0.143. The van der Waals surface area contributed by atoms with Crippen LogP contribution in [0.2, 0.25) is 0 Å². The molecule has 1 aromatic rings. The normalized spacial score (nSPS) is 19.6. The van der Waals surface area contributed by atoms with Crippen LogP contribution in [0.5, 0.6) is 0 Å². The van der Waals surface area contributed by atoms with Crippen LogP contribution in [0.1, 0.15) is 24.5 Å². The van der Waals surface area contributed by atoms with Crippen molar-refractivity contribution in [2.75, 3.05) is 51.1 Å². The fourth-order valence-corrected chi connectivity index (χ4v) is 3.75. The zero-order valence-electron chi connectivity index (χ0n) is 16.5. The smallest absolute Gasteiger partial charge is 0.321 e. The van der Waals surface area contributed by atoms with Crippen molar-refractivity contribution in [2.45, 2.75) is 31.7 Å². The van der Waals surface area contributed by atoms with Crippen LogP contribution in [0.4, 0.5) is 36.8 Å². The second-order valence-electron chi connectivity index (χ2n) is 7.66. The Balaban J connectivity index is 1.58. The summed E-state index contributed by atoms with van der Waals surface area (Å²) in [7, 11) is 0. The van der Waals surface area contributed by atoms with Gasteiger partial charge in [-0.2, -0.15) is 26.3 Å². The van der Waals surface area contributed by atoms with E-state index in [1.807, 2.05) is 0 Å². The highest BCUT2D eigenvalue weighted by Crippen LogP contribution is 2.37. The van der Waals surface area contributed by atoms with Gasteiger partial charge in [0.25, 0.3) is 0 Å². The minimum absolute atomic E-state index is 0.0352. The molecule has 2 aliphatic heterocycles. The van der Waals surface area contributed by atoms with Gasteiger partial charge in [-0.3, -0.25) is 4.90 Å². The van der Waals surface area contributed by atoms with Gasteiger partial charge in [0.1, 0.15) is 0 Å². The highest BCUT2D eigenvalue weighted by Gasteiger charge is 2.38. The topological polar surface area (TPSA) is 38.8 Å². The fraction of sp³-hybridized carbons (Fsp3) is 0.632. The van der Waals surface area contributed by atoms with Gasteiger partial charge in [0.2, 0.25) is 0 Å². The average molecular weight is 438 g/mol. The first kappa shape index (κ1) is 22.7. The number of likely N-dealkylation sites (tertiary alicyclic amines) is 1. The Bertz CT molecular complexity index is 720. The third-order valence-electron chi connectivity index (χ3n) is 5.45. The molecule has 2 fully saturated rings. The highest BCUT2D eigenvalue weighted by atomic mass is 19.4. The maximum absolute atomic E-state index is 12.9. The van der Waals surface area contributed by atoms with Crippen molar-refractivity contribution >= 4 is 11.7 Å². The summed E-state index contributed by atoms with van der Waals surface area (Å²) in [6, 6.07) is 0.512. The molecule has 0 atom stereocenters. The van der Waals surface area contributed by atoms with Crippen molar-refractivity contribution < 1.29 is 31.1 Å². The van der Waals surface area contributed by atoms with Gasteiger partial charge in [0.05, 0.1) is 11.1 Å². The van der Waals surface area contributed by atoms with Crippen LogP contribution in [0, 0.1) is 0 Å². The van der Waals surface area contributed by atoms with Gasteiger partial charge < -0.3 is 15.1 Å². The fourth-order valence-electron chi connectivity index (χ4n) is 3.75. The maximum atomic E-state index is 12.9. The largest absolute Gasteiger partial charge is 0.416 e. The number of carbonyl (C=O) groups is 1. The predicted molar refractivity (Wildman–Crippen MR) is 99.1 cm³/mol. The van der Waals surface area contributed by atoms with Crippen LogP contribution in [-0.2, 0) is 12.4 Å². The van der Waals surface area contributed by atoms with Crippen LogP contribution in [0.15, 0.2) is 18.2 Å². The number of hydrogen-bond donors (Lipinski definition) is 1. The molecule has 0 spiro atoms. The second-order valence-corrected chi connectivity index (χ2v) is 7.66. The van der Waals surface area contributed by atoms with E-state index in [4.69, 9.17) is 0 Å². The van der Waals surface area contributed by atoms with Crippen LogP contribution >= 0.6 is 0 Å². The number of piperazine rings is 1. The number of alkyl halides is 6.